The van der Waals surface area contributed by atoms with E-state index in [-0.39, 0.29) is 11.7 Å². The fraction of sp³-hybridized carbons (Fsp3) is 0.458. The molecule has 33 heavy (non-hydrogen) atoms. The lowest BCUT2D eigenvalue weighted by atomic mass is 9.94. The number of anilines is 2. The number of piperazine rings is 1. The van der Waals surface area contributed by atoms with Gasteiger partial charge in [0.25, 0.3) is 11.1 Å². The van der Waals surface area contributed by atoms with Crippen LogP contribution in [0.3, 0.4) is 0 Å². The lowest BCUT2D eigenvalue weighted by Crippen LogP contribution is -2.50. The van der Waals surface area contributed by atoms with Crippen LogP contribution in [0.25, 0.3) is 11.7 Å². The highest BCUT2D eigenvalue weighted by atomic mass is 32.2. The second kappa shape index (κ2) is 10.4. The third kappa shape index (κ3) is 5.59. The minimum absolute atomic E-state index is 0.119. The smallest absolute Gasteiger partial charge is 0.284 e. The zero-order valence-electron chi connectivity index (χ0n) is 18.6. The minimum Gasteiger partial charge on any atom is -0.459 e. The van der Waals surface area contributed by atoms with Crippen LogP contribution < -0.4 is 10.2 Å². The maximum atomic E-state index is 12.3. The Balaban J connectivity index is 1.07. The van der Waals surface area contributed by atoms with Gasteiger partial charge in [-0.2, -0.15) is 0 Å². The van der Waals surface area contributed by atoms with E-state index in [4.69, 9.17) is 8.83 Å². The Kier molecular flexibility index (Phi) is 6.97. The van der Waals surface area contributed by atoms with Gasteiger partial charge in [0.1, 0.15) is 0 Å². The number of amides is 1. The molecular weight excluding hydrogens is 438 g/mol. The van der Waals surface area contributed by atoms with Gasteiger partial charge in [0, 0.05) is 43.6 Å². The van der Waals surface area contributed by atoms with Gasteiger partial charge in [0.2, 0.25) is 5.91 Å². The van der Waals surface area contributed by atoms with Gasteiger partial charge in [0.05, 0.1) is 12.0 Å². The number of hydrogen-bond donors (Lipinski definition) is 1. The molecule has 1 aliphatic carbocycles. The molecule has 2 fully saturated rings. The van der Waals surface area contributed by atoms with Crippen molar-refractivity contribution in [2.45, 2.75) is 43.4 Å². The molecule has 0 radical (unpaired) electrons. The molecular formula is C24H29N5O3S. The van der Waals surface area contributed by atoms with Crippen LogP contribution in [0.2, 0.25) is 0 Å². The van der Waals surface area contributed by atoms with Crippen LogP contribution >= 0.6 is 11.8 Å². The molecule has 1 aliphatic heterocycles. The molecule has 9 heteroatoms. The monoisotopic (exact) mass is 467 g/mol. The summed E-state index contributed by atoms with van der Waals surface area (Å²) in [7, 11) is 0. The lowest BCUT2D eigenvalue weighted by Gasteiger charge is -2.41. The van der Waals surface area contributed by atoms with Gasteiger partial charge in [-0.15, -0.1) is 10.2 Å². The van der Waals surface area contributed by atoms with E-state index >= 15 is 0 Å². The summed E-state index contributed by atoms with van der Waals surface area (Å²) in [5, 5.41) is 11.1. The molecule has 3 heterocycles. The van der Waals surface area contributed by atoms with Crippen LogP contribution in [0.1, 0.15) is 32.1 Å². The van der Waals surface area contributed by atoms with Gasteiger partial charge >= 0.3 is 0 Å². The Hall–Kier alpha value is -2.78. The Morgan fingerprint density at radius 3 is 2.55 bits per heavy atom. The number of benzene rings is 1. The number of rotatable bonds is 7. The quantitative estimate of drug-likeness (QED) is 0.508. The van der Waals surface area contributed by atoms with Crippen molar-refractivity contribution in [3.63, 3.8) is 0 Å². The summed E-state index contributed by atoms with van der Waals surface area (Å²) in [4.78, 5) is 17.5. The van der Waals surface area contributed by atoms with Crippen molar-refractivity contribution in [3.05, 3.63) is 42.7 Å². The first-order chi connectivity index (χ1) is 16.2. The molecule has 0 atom stereocenters. The zero-order chi connectivity index (χ0) is 22.5. The van der Waals surface area contributed by atoms with E-state index < -0.39 is 0 Å². The number of hydrogen-bond acceptors (Lipinski definition) is 8. The lowest BCUT2D eigenvalue weighted by molar-refractivity contribution is -0.113. The fourth-order valence-electron chi connectivity index (χ4n) is 4.64. The highest BCUT2D eigenvalue weighted by molar-refractivity contribution is 7.99. The van der Waals surface area contributed by atoms with Gasteiger partial charge in [-0.05, 0) is 49.2 Å². The zero-order valence-corrected chi connectivity index (χ0v) is 19.4. The first-order valence-corrected chi connectivity index (χ1v) is 12.6. The molecule has 2 aliphatic rings. The maximum absolute atomic E-state index is 12.3. The van der Waals surface area contributed by atoms with Crippen molar-refractivity contribution in [1.82, 2.24) is 15.1 Å². The van der Waals surface area contributed by atoms with E-state index in [1.807, 2.05) is 12.1 Å². The number of nitrogens with one attached hydrogen (secondary N) is 1. The number of aromatic nitrogens is 2. The van der Waals surface area contributed by atoms with E-state index in [1.165, 1.54) is 49.6 Å². The Bertz CT molecular complexity index is 1020. The maximum Gasteiger partial charge on any atom is 0.284 e. The second-order valence-corrected chi connectivity index (χ2v) is 9.48. The Morgan fingerprint density at radius 1 is 1.03 bits per heavy atom. The second-order valence-electron chi connectivity index (χ2n) is 8.55. The van der Waals surface area contributed by atoms with Gasteiger partial charge in [-0.25, -0.2) is 0 Å². The van der Waals surface area contributed by atoms with Crippen LogP contribution in [0.4, 0.5) is 11.4 Å². The summed E-state index contributed by atoms with van der Waals surface area (Å²) in [6, 6.07) is 12.4. The average molecular weight is 468 g/mol. The van der Waals surface area contributed by atoms with Gasteiger partial charge in [0.15, 0.2) is 5.76 Å². The number of furan rings is 1. The fourth-order valence-corrected chi connectivity index (χ4v) is 5.20. The van der Waals surface area contributed by atoms with Crippen molar-refractivity contribution >= 4 is 29.0 Å². The van der Waals surface area contributed by atoms with Gasteiger partial charge in [-0.1, -0.05) is 31.0 Å². The standard InChI is InChI=1S/C24H29N5O3S/c30-22(17-33-24-27-26-23(32-24)21-7-4-16-31-21)25-18-8-10-20(11-9-18)29-14-12-28(13-15-29)19-5-2-1-3-6-19/h4,7-11,16,19H,1-3,5-6,12-15,17H2,(H,25,30). The SMILES string of the molecule is O=C(CSc1nnc(-c2ccco2)o1)Nc1ccc(N2CCN(C3CCCCC3)CC2)cc1. The summed E-state index contributed by atoms with van der Waals surface area (Å²) in [6.07, 6.45) is 8.45. The summed E-state index contributed by atoms with van der Waals surface area (Å²) in [6.45, 7) is 4.39. The molecule has 3 aromatic rings. The largest absolute Gasteiger partial charge is 0.459 e. The molecule has 1 saturated carbocycles. The van der Waals surface area contributed by atoms with Crippen LogP contribution in [0.15, 0.2) is 56.7 Å². The van der Waals surface area contributed by atoms with Crippen molar-refractivity contribution in [2.24, 2.45) is 0 Å². The van der Waals surface area contributed by atoms with Crippen molar-refractivity contribution in [1.29, 1.82) is 0 Å². The molecule has 0 spiro atoms. The number of carbonyl (C=O) groups excluding carboxylic acids is 1. The first kappa shape index (κ1) is 22.0. The van der Waals surface area contributed by atoms with E-state index in [9.17, 15) is 4.79 Å². The Labute approximate surface area is 197 Å². The molecule has 0 bridgehead atoms. The number of nitrogens with zero attached hydrogens (tertiary/aromatic N) is 4. The molecule has 0 unspecified atom stereocenters. The predicted octanol–water partition coefficient (Wildman–Crippen LogP) is 4.52. The third-order valence-electron chi connectivity index (χ3n) is 6.39. The average Bonchev–Trinajstić information content (AvgIpc) is 3.56. The normalized spacial score (nSPS) is 17.9. The molecule has 2 aromatic heterocycles. The van der Waals surface area contributed by atoms with Gasteiger partial charge in [-0.3, -0.25) is 9.69 Å². The molecule has 174 valence electrons. The highest BCUT2D eigenvalue weighted by Crippen LogP contribution is 2.26. The third-order valence-corrected chi connectivity index (χ3v) is 7.21. The summed E-state index contributed by atoms with van der Waals surface area (Å²) in [5.74, 6) is 0.879. The van der Waals surface area contributed by atoms with Crippen molar-refractivity contribution in [3.8, 4) is 11.7 Å². The van der Waals surface area contributed by atoms with Crippen molar-refractivity contribution < 1.29 is 13.6 Å². The molecule has 8 nitrogen and oxygen atoms in total. The van der Waals surface area contributed by atoms with Crippen LogP contribution in [0, 0.1) is 0 Å². The van der Waals surface area contributed by atoms with Crippen LogP contribution in [0.5, 0.6) is 0 Å². The van der Waals surface area contributed by atoms with Crippen LogP contribution in [-0.2, 0) is 4.79 Å². The molecule has 1 amide bonds. The van der Waals surface area contributed by atoms with E-state index in [0.717, 1.165) is 37.9 Å². The highest BCUT2D eigenvalue weighted by Gasteiger charge is 2.25. The van der Waals surface area contributed by atoms with E-state index in [0.29, 0.717) is 16.9 Å². The molecule has 1 saturated heterocycles. The topological polar surface area (TPSA) is 87.6 Å². The Morgan fingerprint density at radius 2 is 1.82 bits per heavy atom. The summed E-state index contributed by atoms with van der Waals surface area (Å²) < 4.78 is 10.7. The predicted molar refractivity (Wildman–Crippen MR) is 128 cm³/mol. The van der Waals surface area contributed by atoms with Crippen LogP contribution in [-0.4, -0.2) is 59.0 Å². The van der Waals surface area contributed by atoms with Crippen molar-refractivity contribution in [2.75, 3.05) is 42.1 Å². The summed E-state index contributed by atoms with van der Waals surface area (Å²) in [5.41, 5.74) is 1.99. The minimum atomic E-state index is -0.119. The van der Waals surface area contributed by atoms with E-state index in [2.05, 4.69) is 37.4 Å². The molecule has 1 N–H and O–H groups in total. The van der Waals surface area contributed by atoms with Gasteiger partial charge < -0.3 is 19.1 Å². The molecule has 5 rings (SSSR count). The summed E-state index contributed by atoms with van der Waals surface area (Å²) >= 11 is 1.20. The first-order valence-electron chi connectivity index (χ1n) is 11.6. The molecule has 1 aromatic carbocycles. The van der Waals surface area contributed by atoms with E-state index in [1.54, 1.807) is 18.4 Å². The number of carbonyl (C=O) groups is 1. The number of thioether (sulfide) groups is 1.